The molecule has 0 bridgehead atoms. The van der Waals surface area contributed by atoms with Crippen molar-refractivity contribution in [3.05, 3.63) is 65.0 Å². The zero-order valence-electron chi connectivity index (χ0n) is 19.7. The average molecular weight is 494 g/mol. The highest BCUT2D eigenvalue weighted by atomic mass is 32.2. The Morgan fingerprint density at radius 2 is 2.11 bits per heavy atom. The van der Waals surface area contributed by atoms with Crippen molar-refractivity contribution in [2.45, 2.75) is 50.2 Å². The number of H-pyrrole nitrogens is 1. The predicted molar refractivity (Wildman–Crippen MR) is 129 cm³/mol. The summed E-state index contributed by atoms with van der Waals surface area (Å²) in [5.41, 5.74) is 5.64. The summed E-state index contributed by atoms with van der Waals surface area (Å²) in [5.74, 6) is -0.317. The number of rotatable bonds is 6. The van der Waals surface area contributed by atoms with Gasteiger partial charge in [-0.3, -0.25) is 9.89 Å². The highest BCUT2D eigenvalue weighted by molar-refractivity contribution is 7.89. The molecule has 4 aromatic rings. The second kappa shape index (κ2) is 8.06. The van der Waals surface area contributed by atoms with E-state index in [4.69, 9.17) is 0 Å². The molecule has 3 aromatic heterocycles. The van der Waals surface area contributed by atoms with Crippen LogP contribution in [0.2, 0.25) is 0 Å². The molecule has 0 unspecified atom stereocenters. The SMILES string of the molecule is Cc1c(S(=O)(=O)N2CCc3[nH]ncc3C2)cc(C(=O)NCc2cccc3ncn(C4CC4)c23)n1C. The molecule has 0 radical (unpaired) electrons. The Hall–Kier alpha value is -3.44. The second-order valence-electron chi connectivity index (χ2n) is 9.35. The van der Waals surface area contributed by atoms with Crippen molar-refractivity contribution in [2.24, 2.45) is 7.05 Å². The Labute approximate surface area is 203 Å². The maximum atomic E-state index is 13.5. The van der Waals surface area contributed by atoms with E-state index in [0.717, 1.165) is 40.7 Å². The van der Waals surface area contributed by atoms with Crippen molar-refractivity contribution in [1.82, 2.24) is 33.9 Å². The molecule has 35 heavy (non-hydrogen) atoms. The summed E-state index contributed by atoms with van der Waals surface area (Å²) < 4.78 is 32.2. The van der Waals surface area contributed by atoms with Gasteiger partial charge in [0.05, 0.1) is 23.6 Å². The minimum atomic E-state index is -3.77. The summed E-state index contributed by atoms with van der Waals surface area (Å²) >= 11 is 0. The molecule has 0 saturated heterocycles. The number of carbonyl (C=O) groups is 1. The Kier molecular flexibility index (Phi) is 5.08. The van der Waals surface area contributed by atoms with Crippen LogP contribution in [0, 0.1) is 6.92 Å². The molecule has 1 aliphatic heterocycles. The molecule has 0 spiro atoms. The highest BCUT2D eigenvalue weighted by Gasteiger charge is 2.33. The van der Waals surface area contributed by atoms with Gasteiger partial charge in [-0.15, -0.1) is 0 Å². The molecule has 4 heterocycles. The van der Waals surface area contributed by atoms with Gasteiger partial charge in [-0.05, 0) is 37.5 Å². The number of fused-ring (bicyclic) bond motifs is 2. The van der Waals surface area contributed by atoms with Crippen LogP contribution in [0.3, 0.4) is 0 Å². The number of benzene rings is 1. The van der Waals surface area contributed by atoms with E-state index in [2.05, 4.69) is 25.1 Å². The van der Waals surface area contributed by atoms with Gasteiger partial charge in [-0.1, -0.05) is 12.1 Å². The Morgan fingerprint density at radius 3 is 2.91 bits per heavy atom. The molecule has 1 aromatic carbocycles. The molecular formula is C24H27N7O3S. The maximum Gasteiger partial charge on any atom is 0.268 e. The summed E-state index contributed by atoms with van der Waals surface area (Å²) in [5, 5.41) is 9.93. The van der Waals surface area contributed by atoms with Crippen LogP contribution < -0.4 is 5.32 Å². The van der Waals surface area contributed by atoms with Crippen molar-refractivity contribution < 1.29 is 13.2 Å². The lowest BCUT2D eigenvalue weighted by molar-refractivity contribution is 0.0942. The number of amides is 1. The van der Waals surface area contributed by atoms with E-state index in [1.807, 2.05) is 24.5 Å². The molecule has 1 aliphatic carbocycles. The smallest absolute Gasteiger partial charge is 0.268 e. The molecule has 11 heteroatoms. The molecule has 6 rings (SSSR count). The van der Waals surface area contributed by atoms with Gasteiger partial charge in [-0.2, -0.15) is 9.40 Å². The van der Waals surface area contributed by atoms with Crippen LogP contribution in [0.1, 0.15) is 51.9 Å². The molecule has 182 valence electrons. The molecule has 0 atom stereocenters. The van der Waals surface area contributed by atoms with Gasteiger partial charge in [0.1, 0.15) is 10.6 Å². The Balaban J connectivity index is 1.24. The minimum absolute atomic E-state index is 0.158. The van der Waals surface area contributed by atoms with Crippen LogP contribution in [0.5, 0.6) is 0 Å². The number of hydrogen-bond acceptors (Lipinski definition) is 5. The number of nitrogens with zero attached hydrogens (tertiary/aromatic N) is 5. The van der Waals surface area contributed by atoms with Crippen molar-refractivity contribution in [2.75, 3.05) is 6.54 Å². The average Bonchev–Trinajstić information content (AvgIpc) is 3.29. The lowest BCUT2D eigenvalue weighted by Crippen LogP contribution is -2.35. The maximum absolute atomic E-state index is 13.5. The summed E-state index contributed by atoms with van der Waals surface area (Å²) in [7, 11) is -2.05. The van der Waals surface area contributed by atoms with Crippen LogP contribution >= 0.6 is 0 Å². The number of carbonyl (C=O) groups excluding carboxylic acids is 1. The number of nitrogens with one attached hydrogen (secondary N) is 2. The zero-order chi connectivity index (χ0) is 24.3. The minimum Gasteiger partial charge on any atom is -0.347 e. The topological polar surface area (TPSA) is 118 Å². The monoisotopic (exact) mass is 493 g/mol. The van der Waals surface area contributed by atoms with Crippen molar-refractivity contribution in [3.8, 4) is 0 Å². The van der Waals surface area contributed by atoms with Gasteiger partial charge >= 0.3 is 0 Å². The zero-order valence-corrected chi connectivity index (χ0v) is 20.5. The van der Waals surface area contributed by atoms with E-state index in [0.29, 0.717) is 36.9 Å². The largest absolute Gasteiger partial charge is 0.347 e. The van der Waals surface area contributed by atoms with Crippen LogP contribution in [0.15, 0.2) is 41.7 Å². The molecule has 1 amide bonds. The second-order valence-corrected chi connectivity index (χ2v) is 11.3. The van der Waals surface area contributed by atoms with Gasteiger partial charge in [0.15, 0.2) is 0 Å². The normalized spacial score (nSPS) is 16.5. The van der Waals surface area contributed by atoms with Crippen molar-refractivity contribution >= 4 is 27.0 Å². The molecule has 1 fully saturated rings. The molecular weight excluding hydrogens is 466 g/mol. The summed E-state index contributed by atoms with van der Waals surface area (Å²) in [6, 6.07) is 7.88. The third-order valence-electron chi connectivity index (χ3n) is 7.16. The molecule has 2 N–H and O–H groups in total. The van der Waals surface area contributed by atoms with E-state index in [9.17, 15) is 13.2 Å². The van der Waals surface area contributed by atoms with Gasteiger partial charge < -0.3 is 14.5 Å². The van der Waals surface area contributed by atoms with Crippen molar-refractivity contribution in [1.29, 1.82) is 0 Å². The van der Waals surface area contributed by atoms with Gasteiger partial charge in [0, 0.05) is 56.1 Å². The summed E-state index contributed by atoms with van der Waals surface area (Å²) in [6.07, 6.45) is 6.41. The lowest BCUT2D eigenvalue weighted by atomic mass is 10.1. The summed E-state index contributed by atoms with van der Waals surface area (Å²) in [6.45, 7) is 2.69. The van der Waals surface area contributed by atoms with Crippen LogP contribution in [0.4, 0.5) is 0 Å². The standard InChI is InChI=1S/C24H27N7O3S/c1-15-22(35(33,34)30-9-8-19-17(13-30)12-27-28-19)10-21(29(15)2)24(32)25-11-16-4-3-5-20-23(16)31(14-26-20)18-6-7-18/h3-5,10,12,14,18H,6-9,11,13H2,1-2H3,(H,25,32)(H,27,28). The highest BCUT2D eigenvalue weighted by Crippen LogP contribution is 2.38. The third-order valence-corrected chi connectivity index (χ3v) is 9.12. The molecule has 10 nitrogen and oxygen atoms in total. The van der Waals surface area contributed by atoms with Crippen LogP contribution in [0.25, 0.3) is 11.0 Å². The van der Waals surface area contributed by atoms with Gasteiger partial charge in [-0.25, -0.2) is 13.4 Å². The number of aromatic amines is 1. The molecule has 2 aliphatic rings. The number of para-hydroxylation sites is 1. The van der Waals surface area contributed by atoms with E-state index in [1.165, 1.54) is 10.4 Å². The predicted octanol–water partition coefficient (Wildman–Crippen LogP) is 2.42. The third kappa shape index (κ3) is 3.66. The first-order valence-corrected chi connectivity index (χ1v) is 13.2. The number of imidazole rings is 1. The summed E-state index contributed by atoms with van der Waals surface area (Å²) in [4.78, 5) is 17.8. The number of hydrogen-bond donors (Lipinski definition) is 2. The van der Waals surface area contributed by atoms with Gasteiger partial charge in [0.25, 0.3) is 5.91 Å². The first kappa shape index (κ1) is 22.1. The first-order valence-electron chi connectivity index (χ1n) is 11.7. The first-order chi connectivity index (χ1) is 16.8. The Bertz CT molecular complexity index is 1560. The molecule has 1 saturated carbocycles. The van der Waals surface area contributed by atoms with Crippen LogP contribution in [-0.2, 0) is 36.6 Å². The van der Waals surface area contributed by atoms with E-state index in [1.54, 1.807) is 24.7 Å². The fraction of sp³-hybridized carbons (Fsp3) is 0.375. The number of sulfonamides is 1. The fourth-order valence-electron chi connectivity index (χ4n) is 4.89. The van der Waals surface area contributed by atoms with E-state index < -0.39 is 10.0 Å². The van der Waals surface area contributed by atoms with E-state index >= 15 is 0 Å². The Morgan fingerprint density at radius 1 is 1.29 bits per heavy atom. The lowest BCUT2D eigenvalue weighted by Gasteiger charge is -2.25. The number of aromatic nitrogens is 5. The van der Waals surface area contributed by atoms with Crippen molar-refractivity contribution in [3.63, 3.8) is 0 Å². The van der Waals surface area contributed by atoms with Crippen LogP contribution in [-0.4, -0.2) is 49.5 Å². The van der Waals surface area contributed by atoms with Gasteiger partial charge in [0.2, 0.25) is 10.0 Å². The fourth-order valence-corrected chi connectivity index (χ4v) is 6.58. The quantitative estimate of drug-likeness (QED) is 0.428. The van der Waals surface area contributed by atoms with E-state index in [-0.39, 0.29) is 17.3 Å².